The highest BCUT2D eigenvalue weighted by Gasteiger charge is 2.20. The highest BCUT2D eigenvalue weighted by atomic mass is 32.2. The lowest BCUT2D eigenvalue weighted by Gasteiger charge is -2.15. The van der Waals surface area contributed by atoms with Crippen LogP contribution in [-0.4, -0.2) is 63.0 Å². The van der Waals surface area contributed by atoms with Gasteiger partial charge in [0.1, 0.15) is 28.2 Å². The molecule has 0 spiro atoms. The first-order valence-electron chi connectivity index (χ1n) is 13.6. The molecule has 2 atom stereocenters. The first-order chi connectivity index (χ1) is 22.0. The molecule has 0 radical (unpaired) electrons. The van der Waals surface area contributed by atoms with Crippen LogP contribution in [-0.2, 0) is 36.7 Å². The minimum Gasteiger partial charge on any atom is -0.382 e. The first-order valence-corrected chi connectivity index (χ1v) is 17.6. The Hall–Kier alpha value is -4.25. The van der Waals surface area contributed by atoms with Crippen LogP contribution in [0.5, 0.6) is 0 Å². The van der Waals surface area contributed by atoms with E-state index in [1.165, 1.54) is 41.8 Å². The number of benzene rings is 2. The molecule has 18 heteroatoms. The third-order valence-electron chi connectivity index (χ3n) is 6.07. The van der Waals surface area contributed by atoms with E-state index >= 15 is 0 Å². The maximum Gasteiger partial charge on any atom is 0.296 e. The molecule has 1 aromatic heterocycles. The second-order valence-electron chi connectivity index (χ2n) is 9.20. The Labute approximate surface area is 271 Å². The van der Waals surface area contributed by atoms with Crippen LogP contribution in [0, 0.1) is 18.3 Å². The molecule has 0 saturated carbocycles. The monoisotopic (exact) mass is 688 g/mol. The molecule has 4 N–H and O–H groups in total. The SMILES string of the molecule is C=CS(=O)CCNc1nc(NCCCOCC)c(N=Nc2ccc(N=Nc3ccc(S(=O)O)cc3)cc2S(=O)(=O)O)c(C)c1C#N. The maximum absolute atomic E-state index is 12.3. The van der Waals surface area contributed by atoms with Crippen molar-refractivity contribution in [3.63, 3.8) is 0 Å². The van der Waals surface area contributed by atoms with E-state index < -0.39 is 36.9 Å². The van der Waals surface area contributed by atoms with Crippen molar-refractivity contribution in [2.75, 3.05) is 42.7 Å². The summed E-state index contributed by atoms with van der Waals surface area (Å²) in [4.78, 5) is 4.10. The number of nitrogens with one attached hydrogen (secondary N) is 2. The molecular formula is C28H32N8O7S3. The highest BCUT2D eigenvalue weighted by molar-refractivity contribution is 7.88. The van der Waals surface area contributed by atoms with Gasteiger partial charge in [-0.1, -0.05) is 6.58 Å². The Morgan fingerprint density at radius 1 is 1.04 bits per heavy atom. The summed E-state index contributed by atoms with van der Waals surface area (Å²) in [5, 5.41) is 33.7. The highest BCUT2D eigenvalue weighted by Crippen LogP contribution is 2.36. The van der Waals surface area contributed by atoms with Gasteiger partial charge in [-0.05, 0) is 68.1 Å². The van der Waals surface area contributed by atoms with Gasteiger partial charge in [0.25, 0.3) is 10.1 Å². The molecule has 0 amide bonds. The fourth-order valence-corrected chi connectivity index (χ4v) is 5.27. The number of nitrogens with zero attached hydrogens (tertiary/aromatic N) is 6. The van der Waals surface area contributed by atoms with Crippen molar-refractivity contribution in [3.05, 3.63) is 65.6 Å². The molecule has 0 aliphatic heterocycles. The Bertz CT molecular complexity index is 1810. The molecule has 0 bridgehead atoms. The van der Waals surface area contributed by atoms with Crippen LogP contribution in [0.3, 0.4) is 0 Å². The largest absolute Gasteiger partial charge is 0.382 e. The number of hydrogen-bond donors (Lipinski definition) is 4. The van der Waals surface area contributed by atoms with Gasteiger partial charge in [0.15, 0.2) is 16.9 Å². The van der Waals surface area contributed by atoms with E-state index in [4.69, 9.17) is 9.29 Å². The lowest BCUT2D eigenvalue weighted by molar-refractivity contribution is 0.147. The number of nitriles is 1. The zero-order valence-electron chi connectivity index (χ0n) is 24.9. The van der Waals surface area contributed by atoms with Crippen LogP contribution < -0.4 is 10.6 Å². The quantitative estimate of drug-likeness (QED) is 0.0551. The second kappa shape index (κ2) is 17.4. The first kappa shape index (κ1) is 36.2. The summed E-state index contributed by atoms with van der Waals surface area (Å²) in [6.07, 6.45) is 0.625. The van der Waals surface area contributed by atoms with Gasteiger partial charge in [-0.3, -0.25) is 8.76 Å². The molecule has 1 heterocycles. The van der Waals surface area contributed by atoms with Crippen molar-refractivity contribution in [3.8, 4) is 6.07 Å². The van der Waals surface area contributed by atoms with E-state index in [0.717, 1.165) is 6.07 Å². The summed E-state index contributed by atoms with van der Waals surface area (Å²) in [5.74, 6) is 0.735. The molecule has 3 aromatic rings. The molecule has 46 heavy (non-hydrogen) atoms. The smallest absolute Gasteiger partial charge is 0.296 e. The van der Waals surface area contributed by atoms with Crippen molar-refractivity contribution >= 4 is 66.4 Å². The van der Waals surface area contributed by atoms with Crippen LogP contribution in [0.4, 0.5) is 34.4 Å². The number of rotatable bonds is 17. The molecule has 244 valence electrons. The summed E-state index contributed by atoms with van der Waals surface area (Å²) in [7, 11) is -6.05. The fourth-order valence-electron chi connectivity index (χ4n) is 3.79. The van der Waals surface area contributed by atoms with Crippen LogP contribution in [0.1, 0.15) is 24.5 Å². The molecule has 2 aromatic carbocycles. The van der Waals surface area contributed by atoms with Gasteiger partial charge in [0.2, 0.25) is 0 Å². The number of anilines is 2. The summed E-state index contributed by atoms with van der Waals surface area (Å²) in [6.45, 7) is 8.74. The van der Waals surface area contributed by atoms with Crippen molar-refractivity contribution in [1.82, 2.24) is 4.98 Å². The minimum atomic E-state index is -4.80. The summed E-state index contributed by atoms with van der Waals surface area (Å²) >= 11 is -2.15. The van der Waals surface area contributed by atoms with Gasteiger partial charge < -0.3 is 19.9 Å². The predicted molar refractivity (Wildman–Crippen MR) is 175 cm³/mol. The van der Waals surface area contributed by atoms with E-state index in [0.29, 0.717) is 37.4 Å². The van der Waals surface area contributed by atoms with Crippen molar-refractivity contribution in [1.29, 1.82) is 5.26 Å². The molecule has 0 fully saturated rings. The molecule has 0 aliphatic carbocycles. The second-order valence-corrected chi connectivity index (χ2v) is 13.1. The number of aromatic nitrogens is 1. The van der Waals surface area contributed by atoms with E-state index in [1.807, 2.05) is 6.92 Å². The van der Waals surface area contributed by atoms with E-state index in [1.54, 1.807) is 6.92 Å². The molecule has 3 rings (SSSR count). The van der Waals surface area contributed by atoms with Gasteiger partial charge in [-0.25, -0.2) is 9.19 Å². The third-order valence-corrected chi connectivity index (χ3v) is 8.61. The minimum absolute atomic E-state index is 0.0652. The zero-order valence-corrected chi connectivity index (χ0v) is 27.4. The van der Waals surface area contributed by atoms with Gasteiger partial charge >= 0.3 is 0 Å². The zero-order chi connectivity index (χ0) is 33.7. The number of hydrogen-bond acceptors (Lipinski definition) is 13. The Balaban J connectivity index is 1.99. The molecular weight excluding hydrogens is 657 g/mol. The summed E-state index contributed by atoms with van der Waals surface area (Å²) in [6, 6.07) is 11.5. The Morgan fingerprint density at radius 3 is 2.35 bits per heavy atom. The lowest BCUT2D eigenvalue weighted by Crippen LogP contribution is -2.14. The maximum atomic E-state index is 12.3. The van der Waals surface area contributed by atoms with Crippen LogP contribution >= 0.6 is 0 Å². The normalized spacial score (nSPS) is 13.0. The summed E-state index contributed by atoms with van der Waals surface area (Å²) in [5.41, 5.74) is 0.875. The van der Waals surface area contributed by atoms with Crippen molar-refractivity contribution in [2.24, 2.45) is 20.5 Å². The molecule has 0 aliphatic rings. The third kappa shape index (κ3) is 10.4. The lowest BCUT2D eigenvalue weighted by atomic mass is 10.1. The van der Waals surface area contributed by atoms with E-state index in [9.17, 15) is 26.7 Å². The van der Waals surface area contributed by atoms with E-state index in [2.05, 4.69) is 48.7 Å². The summed E-state index contributed by atoms with van der Waals surface area (Å²) < 4.78 is 72.0. The van der Waals surface area contributed by atoms with Crippen LogP contribution in [0.2, 0.25) is 0 Å². The number of azo groups is 2. The molecule has 15 nitrogen and oxygen atoms in total. The standard InChI is InChI=1S/C28H32N8O7S3/c1-4-43-15-6-13-30-28-26(19(3)23(18-29)27(32-28)31-14-16-44(37)5-2)36-35-24-12-9-21(17-25(24)46(40,41)42)34-33-20-7-10-22(11-8-20)45(38)39/h5,7-12,17H,2,4,6,13-16H2,1,3H3,(H,38,39)(H2,30,31,32)(H,40,41,42). The number of pyridine rings is 1. The molecule has 2 unspecified atom stereocenters. The van der Waals surface area contributed by atoms with E-state index in [-0.39, 0.29) is 51.5 Å². The van der Waals surface area contributed by atoms with Crippen LogP contribution in [0.25, 0.3) is 0 Å². The van der Waals surface area contributed by atoms with Crippen molar-refractivity contribution in [2.45, 2.75) is 30.1 Å². The van der Waals surface area contributed by atoms with Gasteiger partial charge in [-0.2, -0.15) is 23.9 Å². The molecule has 0 saturated heterocycles. The van der Waals surface area contributed by atoms with Gasteiger partial charge in [-0.15, -0.1) is 10.2 Å². The van der Waals surface area contributed by atoms with Gasteiger partial charge in [0, 0.05) is 48.4 Å². The topological polar surface area (TPSA) is 228 Å². The predicted octanol–water partition coefficient (Wildman–Crippen LogP) is 6.06. The Kier molecular flexibility index (Phi) is 13.7. The average molecular weight is 689 g/mol. The Morgan fingerprint density at radius 2 is 1.72 bits per heavy atom. The van der Waals surface area contributed by atoms with Crippen LogP contribution in [0.15, 0.2) is 84.7 Å². The average Bonchev–Trinajstić information content (AvgIpc) is 3.03. The van der Waals surface area contributed by atoms with Crippen molar-refractivity contribution < 1.29 is 30.7 Å². The fraction of sp³-hybridized carbons (Fsp3) is 0.286. The number of ether oxygens (including phenoxy) is 1. The van der Waals surface area contributed by atoms with Gasteiger partial charge in [0.05, 0.1) is 21.8 Å².